The van der Waals surface area contributed by atoms with Gasteiger partial charge in [0.05, 0.1) is 12.1 Å². The van der Waals surface area contributed by atoms with Crippen LogP contribution in [-0.4, -0.2) is 34.0 Å². The Morgan fingerprint density at radius 3 is 2.22 bits per heavy atom. The number of likely N-dealkylation sites (tertiary alicyclic amines) is 1. The zero-order valence-corrected chi connectivity index (χ0v) is 21.0. The van der Waals surface area contributed by atoms with Crippen LogP contribution in [0.1, 0.15) is 44.4 Å². The summed E-state index contributed by atoms with van der Waals surface area (Å²) >= 11 is 12.2. The Kier molecular flexibility index (Phi) is 7.66. The molecule has 36 heavy (non-hydrogen) atoms. The van der Waals surface area contributed by atoms with Crippen molar-refractivity contribution in [3.8, 4) is 6.07 Å². The number of halogens is 5. The molecule has 0 spiro atoms. The number of carbonyl (C=O) groups is 2. The average molecular weight is 543 g/mol. The van der Waals surface area contributed by atoms with Gasteiger partial charge in [0, 0.05) is 20.5 Å². The molecule has 4 atom stereocenters. The van der Waals surface area contributed by atoms with E-state index in [9.17, 15) is 24.5 Å². The van der Waals surface area contributed by atoms with Gasteiger partial charge in [0.1, 0.15) is 11.5 Å². The second kappa shape index (κ2) is 9.92. The number of hydrogen-bond donors (Lipinski definition) is 1. The third-order valence-corrected chi connectivity index (χ3v) is 6.86. The van der Waals surface area contributed by atoms with Gasteiger partial charge in [0.15, 0.2) is 0 Å². The van der Waals surface area contributed by atoms with Crippen LogP contribution < -0.4 is 0 Å². The molecule has 0 bridgehead atoms. The Morgan fingerprint density at radius 2 is 1.75 bits per heavy atom. The second-order valence-corrected chi connectivity index (χ2v) is 10.8. The lowest BCUT2D eigenvalue weighted by Crippen LogP contribution is -2.55. The Hall–Kier alpha value is -2.80. The molecule has 11 heteroatoms. The van der Waals surface area contributed by atoms with Gasteiger partial charge in [0.25, 0.3) is 0 Å². The first-order valence-electron chi connectivity index (χ1n) is 10.9. The van der Waals surface area contributed by atoms with Crippen LogP contribution in [0.25, 0.3) is 0 Å². The molecule has 0 amide bonds. The van der Waals surface area contributed by atoms with Crippen LogP contribution in [0.15, 0.2) is 48.5 Å². The molecule has 6 nitrogen and oxygen atoms in total. The van der Waals surface area contributed by atoms with E-state index in [0.29, 0.717) is 5.02 Å². The molecule has 1 aliphatic heterocycles. The quantitative estimate of drug-likeness (QED) is 0.428. The number of nitrogens with zero attached hydrogens (tertiary/aromatic N) is 2. The lowest BCUT2D eigenvalue weighted by atomic mass is 9.62. The van der Waals surface area contributed by atoms with Gasteiger partial charge in [-0.2, -0.15) is 14.0 Å². The number of benzene rings is 2. The van der Waals surface area contributed by atoms with Gasteiger partial charge in [-0.25, -0.2) is 14.6 Å². The number of hydrogen-bond acceptors (Lipinski definition) is 5. The summed E-state index contributed by atoms with van der Waals surface area (Å²) in [6.45, 7) is 5.29. The number of carboxylic acid groups (broad SMARTS) is 1. The van der Waals surface area contributed by atoms with E-state index in [1.165, 1.54) is 48.5 Å². The molecule has 0 radical (unpaired) electrons. The van der Waals surface area contributed by atoms with Gasteiger partial charge in [-0.3, -0.25) is 4.79 Å². The molecule has 1 heterocycles. The van der Waals surface area contributed by atoms with E-state index in [-0.39, 0.29) is 27.5 Å². The monoisotopic (exact) mass is 542 g/mol. The summed E-state index contributed by atoms with van der Waals surface area (Å²) in [7, 11) is 0. The molecule has 1 aliphatic rings. The molecular formula is C25H23Cl2F3N2O4. The van der Waals surface area contributed by atoms with Gasteiger partial charge < -0.3 is 5.11 Å². The minimum atomic E-state index is -4.76. The molecule has 2 aromatic rings. The van der Waals surface area contributed by atoms with Crippen molar-refractivity contribution in [3.63, 3.8) is 0 Å². The summed E-state index contributed by atoms with van der Waals surface area (Å²) < 4.78 is 44.1. The zero-order chi connectivity index (χ0) is 27.1. The maximum absolute atomic E-state index is 15.6. The fourth-order valence-corrected chi connectivity index (χ4v) is 5.47. The summed E-state index contributed by atoms with van der Waals surface area (Å²) in [6.07, 6.45) is -0.0194. The van der Waals surface area contributed by atoms with E-state index in [1.54, 1.807) is 20.8 Å². The molecule has 1 fully saturated rings. The molecule has 2 aromatic carbocycles. The summed E-state index contributed by atoms with van der Waals surface area (Å²) in [4.78, 5) is 27.6. The van der Waals surface area contributed by atoms with Gasteiger partial charge in [0.2, 0.25) is 0 Å². The van der Waals surface area contributed by atoms with Crippen molar-refractivity contribution >= 4 is 35.1 Å². The summed E-state index contributed by atoms with van der Waals surface area (Å²) in [6, 6.07) is 4.94. The molecule has 1 N–H and O–H groups in total. The Balaban J connectivity index is 2.50. The fraction of sp³-hybridized carbons (Fsp3) is 0.400. The molecule has 3 rings (SSSR count). The maximum Gasteiger partial charge on any atom is 0.434 e. The smallest absolute Gasteiger partial charge is 0.434 e. The van der Waals surface area contributed by atoms with Gasteiger partial charge in [-0.15, -0.1) is 0 Å². The second-order valence-electron chi connectivity index (χ2n) is 9.91. The number of rotatable bonds is 6. The third kappa shape index (κ3) is 4.77. The lowest BCUT2D eigenvalue weighted by molar-refractivity contribution is -0.245. The van der Waals surface area contributed by atoms with Crippen molar-refractivity contribution in [3.05, 3.63) is 69.7 Å². The van der Waals surface area contributed by atoms with Crippen LogP contribution in [0, 0.1) is 22.7 Å². The topological polar surface area (TPSA) is 90.6 Å². The maximum atomic E-state index is 15.6. The highest BCUT2D eigenvalue weighted by atomic mass is 35.5. The molecule has 0 aromatic heterocycles. The highest BCUT2D eigenvalue weighted by Crippen LogP contribution is 2.60. The van der Waals surface area contributed by atoms with Crippen LogP contribution >= 0.6 is 23.2 Å². The highest BCUT2D eigenvalue weighted by molar-refractivity contribution is 6.30. The van der Waals surface area contributed by atoms with Crippen LogP contribution in [-0.2, 0) is 19.9 Å². The van der Waals surface area contributed by atoms with E-state index in [1.807, 2.05) is 0 Å². The molecular weight excluding hydrogens is 520 g/mol. The number of carbonyl (C=O) groups excluding carboxylic acids is 1. The standard InChI is InChI=1S/C25H23Cl2F3N2O4/c1-23(2,3)12-18-19(21(33)34)32(25(28,29)22(35)36-30)20(14-5-4-6-17(27)11-14)24(18,13-31)15-7-9-16(26)10-8-15/h4-11,18-20H,12H2,1-3H3,(H,33,34)/t18-,19+,20-,24+/m0/s1. The number of carboxylic acids is 1. The molecule has 0 aliphatic carbocycles. The number of aliphatic carboxylic acids is 1. The number of alkyl halides is 2. The van der Waals surface area contributed by atoms with E-state index in [0.717, 1.165) is 0 Å². The molecule has 0 unspecified atom stereocenters. The highest BCUT2D eigenvalue weighted by Gasteiger charge is 2.71. The first-order valence-corrected chi connectivity index (χ1v) is 11.6. The van der Waals surface area contributed by atoms with Gasteiger partial charge in [-0.05, 0) is 47.2 Å². The van der Waals surface area contributed by atoms with Crippen LogP contribution in [0.4, 0.5) is 13.3 Å². The SMILES string of the molecule is CC(C)(C)C[C@H]1[C@H](C(=O)O)N(C(F)(F)C(=O)OF)[C@@H](c2cccc(Cl)c2)[C@]1(C#N)c1ccc(Cl)cc1. The Bertz CT molecular complexity index is 1200. The summed E-state index contributed by atoms with van der Waals surface area (Å²) in [5.74, 6) is -5.60. The van der Waals surface area contributed by atoms with E-state index >= 15 is 8.78 Å². The first-order chi connectivity index (χ1) is 16.7. The van der Waals surface area contributed by atoms with Crippen molar-refractivity contribution < 1.29 is 32.9 Å². The molecule has 192 valence electrons. The zero-order valence-electron chi connectivity index (χ0n) is 19.5. The Morgan fingerprint density at radius 1 is 1.14 bits per heavy atom. The summed E-state index contributed by atoms with van der Waals surface area (Å²) in [5, 5.41) is 21.4. The van der Waals surface area contributed by atoms with Crippen molar-refractivity contribution in [2.45, 2.75) is 50.7 Å². The van der Waals surface area contributed by atoms with Crippen LogP contribution in [0.3, 0.4) is 0 Å². The minimum absolute atomic E-state index is 0.0194. The molecule has 1 saturated heterocycles. The Labute approximate surface area is 216 Å². The molecule has 0 saturated carbocycles. The van der Waals surface area contributed by atoms with Crippen LogP contribution in [0.2, 0.25) is 10.0 Å². The third-order valence-electron chi connectivity index (χ3n) is 6.37. The van der Waals surface area contributed by atoms with E-state index in [2.05, 4.69) is 11.0 Å². The van der Waals surface area contributed by atoms with E-state index in [4.69, 9.17) is 23.2 Å². The van der Waals surface area contributed by atoms with Crippen molar-refractivity contribution in [1.29, 1.82) is 5.26 Å². The van der Waals surface area contributed by atoms with Gasteiger partial charge in [-0.1, -0.05) is 68.2 Å². The normalized spacial score (nSPS) is 24.8. The average Bonchev–Trinajstić information content (AvgIpc) is 3.09. The van der Waals surface area contributed by atoms with E-state index < -0.39 is 46.8 Å². The van der Waals surface area contributed by atoms with Crippen molar-refractivity contribution in [1.82, 2.24) is 4.90 Å². The minimum Gasteiger partial charge on any atom is -0.480 e. The van der Waals surface area contributed by atoms with Gasteiger partial charge >= 0.3 is 18.0 Å². The summed E-state index contributed by atoms with van der Waals surface area (Å²) in [5.41, 5.74) is -2.36. The fourth-order valence-electron chi connectivity index (χ4n) is 5.14. The van der Waals surface area contributed by atoms with Crippen molar-refractivity contribution in [2.75, 3.05) is 0 Å². The lowest BCUT2D eigenvalue weighted by Gasteiger charge is -2.38. The van der Waals surface area contributed by atoms with Crippen LogP contribution in [0.5, 0.6) is 0 Å². The predicted molar refractivity (Wildman–Crippen MR) is 126 cm³/mol. The largest absolute Gasteiger partial charge is 0.480 e. The van der Waals surface area contributed by atoms with Crippen molar-refractivity contribution in [2.24, 2.45) is 11.3 Å². The predicted octanol–water partition coefficient (Wildman–Crippen LogP) is 6.34. The number of nitriles is 1. The first kappa shape index (κ1) is 27.8.